The molecule has 0 radical (unpaired) electrons. The number of hydrogen-bond acceptors (Lipinski definition) is 3. The molecule has 1 N–H and O–H groups in total. The van der Waals surface area contributed by atoms with E-state index in [4.69, 9.17) is 4.74 Å². The first-order valence-corrected chi connectivity index (χ1v) is 9.60. The minimum atomic E-state index is -3.74. The number of methoxy groups -OCH3 is 1. The molecule has 0 aliphatic rings. The van der Waals surface area contributed by atoms with Gasteiger partial charge in [0.25, 0.3) is 0 Å². The molecule has 0 amide bonds. The molecule has 0 aliphatic heterocycles. The quantitative estimate of drug-likeness (QED) is 0.830. The molecular weight excluding hydrogens is 341 g/mol. The molecule has 0 saturated heterocycles. The second-order valence-corrected chi connectivity index (χ2v) is 8.12. The number of rotatable bonds is 6. The highest BCUT2D eigenvalue weighted by molar-refractivity contribution is 7.89. The summed E-state index contributed by atoms with van der Waals surface area (Å²) in [6.07, 6.45) is 0. The van der Waals surface area contributed by atoms with Crippen molar-refractivity contribution in [3.8, 4) is 5.75 Å². The zero-order valence-electron chi connectivity index (χ0n) is 15.1. The Labute approximate surface area is 149 Å². The van der Waals surface area contributed by atoms with Crippen LogP contribution in [0.15, 0.2) is 41.3 Å². The molecule has 2 aromatic rings. The van der Waals surface area contributed by atoms with Crippen LogP contribution in [0.3, 0.4) is 0 Å². The van der Waals surface area contributed by atoms with Crippen LogP contribution < -0.4 is 9.46 Å². The lowest BCUT2D eigenvalue weighted by Crippen LogP contribution is -2.27. The SMILES string of the molecule is COc1cc(C)c(C(C)NS(=O)(=O)c2ccc(F)cc2)cc1C(C)C. The molecule has 2 rings (SSSR count). The lowest BCUT2D eigenvalue weighted by Gasteiger charge is -2.21. The van der Waals surface area contributed by atoms with E-state index in [1.54, 1.807) is 14.0 Å². The molecular formula is C19H24FNO3S. The Kier molecular flexibility index (Phi) is 5.85. The molecule has 0 heterocycles. The maximum atomic E-state index is 13.0. The number of ether oxygens (including phenoxy) is 1. The van der Waals surface area contributed by atoms with Gasteiger partial charge in [0.2, 0.25) is 10.0 Å². The lowest BCUT2D eigenvalue weighted by atomic mass is 9.94. The summed E-state index contributed by atoms with van der Waals surface area (Å²) < 4.78 is 46.2. The normalized spacial score (nSPS) is 13.1. The van der Waals surface area contributed by atoms with Gasteiger partial charge in [-0.15, -0.1) is 0 Å². The summed E-state index contributed by atoms with van der Waals surface area (Å²) in [5.74, 6) is 0.569. The van der Waals surface area contributed by atoms with Crippen molar-refractivity contribution in [3.05, 3.63) is 58.9 Å². The maximum absolute atomic E-state index is 13.0. The van der Waals surface area contributed by atoms with Gasteiger partial charge in [0.05, 0.1) is 12.0 Å². The summed E-state index contributed by atoms with van der Waals surface area (Å²) >= 11 is 0. The highest BCUT2D eigenvalue weighted by atomic mass is 32.2. The third kappa shape index (κ3) is 4.38. The van der Waals surface area contributed by atoms with Gasteiger partial charge < -0.3 is 4.74 Å². The summed E-state index contributed by atoms with van der Waals surface area (Å²) in [4.78, 5) is 0.0380. The van der Waals surface area contributed by atoms with E-state index in [0.29, 0.717) is 0 Å². The van der Waals surface area contributed by atoms with Gasteiger partial charge in [-0.2, -0.15) is 0 Å². The first-order chi connectivity index (χ1) is 11.7. The van der Waals surface area contributed by atoms with Gasteiger partial charge in [-0.05, 0) is 72.9 Å². The first-order valence-electron chi connectivity index (χ1n) is 8.12. The second-order valence-electron chi connectivity index (χ2n) is 6.40. The average Bonchev–Trinajstić information content (AvgIpc) is 2.53. The summed E-state index contributed by atoms with van der Waals surface area (Å²) in [6, 6.07) is 8.25. The Morgan fingerprint density at radius 2 is 1.64 bits per heavy atom. The monoisotopic (exact) mass is 365 g/mol. The molecule has 0 aromatic heterocycles. The van der Waals surface area contributed by atoms with Crippen LogP contribution in [0.1, 0.15) is 49.4 Å². The number of nitrogens with one attached hydrogen (secondary N) is 1. The fourth-order valence-electron chi connectivity index (χ4n) is 2.79. The fourth-order valence-corrected chi connectivity index (χ4v) is 4.01. The van der Waals surface area contributed by atoms with E-state index in [1.165, 1.54) is 12.1 Å². The van der Waals surface area contributed by atoms with Crippen molar-refractivity contribution in [2.24, 2.45) is 0 Å². The van der Waals surface area contributed by atoms with Gasteiger partial charge in [-0.3, -0.25) is 0 Å². The number of halogens is 1. The van der Waals surface area contributed by atoms with E-state index in [-0.39, 0.29) is 10.8 Å². The number of benzene rings is 2. The number of hydrogen-bond donors (Lipinski definition) is 1. The standard InChI is InChI=1S/C19H24FNO3S/c1-12(2)17-11-18(13(3)10-19(17)24-5)14(4)21-25(22,23)16-8-6-15(20)7-9-16/h6-12,14,21H,1-5H3. The highest BCUT2D eigenvalue weighted by Gasteiger charge is 2.21. The predicted octanol–water partition coefficient (Wildman–Crippen LogP) is 4.31. The maximum Gasteiger partial charge on any atom is 0.241 e. The Hall–Kier alpha value is -1.92. The van der Waals surface area contributed by atoms with Crippen molar-refractivity contribution in [2.45, 2.75) is 44.6 Å². The van der Waals surface area contributed by atoms with Gasteiger partial charge in [0, 0.05) is 6.04 Å². The Morgan fingerprint density at radius 1 is 1.04 bits per heavy atom. The Morgan fingerprint density at radius 3 is 2.16 bits per heavy atom. The Bertz CT molecular complexity index is 846. The van der Waals surface area contributed by atoms with Crippen LogP contribution in [0.5, 0.6) is 5.75 Å². The predicted molar refractivity (Wildman–Crippen MR) is 97.0 cm³/mol. The van der Waals surface area contributed by atoms with E-state index in [1.807, 2.05) is 19.1 Å². The highest BCUT2D eigenvalue weighted by Crippen LogP contribution is 2.32. The van der Waals surface area contributed by atoms with Gasteiger partial charge in [-0.25, -0.2) is 17.5 Å². The van der Waals surface area contributed by atoms with E-state index in [0.717, 1.165) is 34.6 Å². The second kappa shape index (κ2) is 7.54. The molecule has 0 fully saturated rings. The van der Waals surface area contributed by atoms with Gasteiger partial charge in [0.15, 0.2) is 0 Å². The smallest absolute Gasteiger partial charge is 0.241 e. The minimum absolute atomic E-state index is 0.0380. The molecule has 2 aromatic carbocycles. The molecule has 0 bridgehead atoms. The van der Waals surface area contributed by atoms with Crippen LogP contribution in [0.2, 0.25) is 0 Å². The molecule has 0 aliphatic carbocycles. The van der Waals surface area contributed by atoms with Crippen molar-refractivity contribution < 1.29 is 17.5 Å². The summed E-state index contributed by atoms with van der Waals surface area (Å²) in [5, 5.41) is 0. The van der Waals surface area contributed by atoms with Crippen LogP contribution in [-0.4, -0.2) is 15.5 Å². The zero-order chi connectivity index (χ0) is 18.8. The van der Waals surface area contributed by atoms with Gasteiger partial charge in [-0.1, -0.05) is 13.8 Å². The molecule has 25 heavy (non-hydrogen) atoms. The first kappa shape index (κ1) is 19.4. The fraction of sp³-hybridized carbons (Fsp3) is 0.368. The zero-order valence-corrected chi connectivity index (χ0v) is 15.9. The minimum Gasteiger partial charge on any atom is -0.496 e. The van der Waals surface area contributed by atoms with Crippen molar-refractivity contribution in [1.82, 2.24) is 4.72 Å². The van der Waals surface area contributed by atoms with E-state index < -0.39 is 21.9 Å². The van der Waals surface area contributed by atoms with Crippen molar-refractivity contribution >= 4 is 10.0 Å². The van der Waals surface area contributed by atoms with Crippen molar-refractivity contribution in [2.75, 3.05) is 7.11 Å². The summed E-state index contributed by atoms with van der Waals surface area (Å²) in [6.45, 7) is 7.83. The van der Waals surface area contributed by atoms with Crippen LogP contribution in [-0.2, 0) is 10.0 Å². The molecule has 1 atom stereocenters. The van der Waals surface area contributed by atoms with E-state index >= 15 is 0 Å². The lowest BCUT2D eigenvalue weighted by molar-refractivity contribution is 0.406. The third-order valence-corrected chi connectivity index (χ3v) is 5.72. The average molecular weight is 365 g/mol. The van der Waals surface area contributed by atoms with Crippen LogP contribution in [0, 0.1) is 12.7 Å². The number of aryl methyl sites for hydroxylation is 1. The topological polar surface area (TPSA) is 55.4 Å². The van der Waals surface area contributed by atoms with E-state index in [9.17, 15) is 12.8 Å². The van der Waals surface area contributed by atoms with E-state index in [2.05, 4.69) is 18.6 Å². The molecule has 0 saturated carbocycles. The Balaban J connectivity index is 2.35. The van der Waals surface area contributed by atoms with Crippen LogP contribution >= 0.6 is 0 Å². The number of sulfonamides is 1. The van der Waals surface area contributed by atoms with Gasteiger partial charge in [0.1, 0.15) is 11.6 Å². The van der Waals surface area contributed by atoms with Gasteiger partial charge >= 0.3 is 0 Å². The molecule has 1 unspecified atom stereocenters. The van der Waals surface area contributed by atoms with Crippen LogP contribution in [0.4, 0.5) is 4.39 Å². The third-order valence-electron chi connectivity index (χ3n) is 4.16. The molecule has 0 spiro atoms. The molecule has 4 nitrogen and oxygen atoms in total. The summed E-state index contributed by atoms with van der Waals surface area (Å²) in [5.41, 5.74) is 2.85. The van der Waals surface area contributed by atoms with Crippen molar-refractivity contribution in [3.63, 3.8) is 0 Å². The molecule has 136 valence electrons. The molecule has 6 heteroatoms. The summed E-state index contributed by atoms with van der Waals surface area (Å²) in [7, 11) is -2.11. The van der Waals surface area contributed by atoms with Crippen molar-refractivity contribution in [1.29, 1.82) is 0 Å². The van der Waals surface area contributed by atoms with Crippen LogP contribution in [0.25, 0.3) is 0 Å². The largest absolute Gasteiger partial charge is 0.496 e.